The van der Waals surface area contributed by atoms with Gasteiger partial charge in [-0.15, -0.1) is 0 Å². The first-order valence-electron chi connectivity index (χ1n) is 8.79. The summed E-state index contributed by atoms with van der Waals surface area (Å²) in [5, 5.41) is 3.32. The summed E-state index contributed by atoms with van der Waals surface area (Å²) in [6, 6.07) is 0.685. The fourth-order valence-electron chi connectivity index (χ4n) is 3.94. The second-order valence-electron chi connectivity index (χ2n) is 6.74. The van der Waals surface area contributed by atoms with Gasteiger partial charge in [0.15, 0.2) is 0 Å². The Hall–Kier alpha value is -1.03. The molecule has 1 aromatic rings. The van der Waals surface area contributed by atoms with Gasteiger partial charge in [-0.2, -0.15) is 0 Å². The zero-order valence-corrected chi connectivity index (χ0v) is 13.6. The first-order valence-corrected chi connectivity index (χ1v) is 8.79. The Morgan fingerprint density at radius 1 is 1.24 bits per heavy atom. The van der Waals surface area contributed by atoms with Gasteiger partial charge in [0, 0.05) is 25.3 Å². The largest absolute Gasteiger partial charge is 0.342 e. The van der Waals surface area contributed by atoms with Gasteiger partial charge in [-0.05, 0) is 45.2 Å². The number of imidazole rings is 1. The standard InChI is InChI=1S/C17H30N4/c1-3-15-13-21(16-7-5-4-6-8-16)17(19-15)20-10-9-14(12-20)11-18-2/h13-14,16,18H,3-12H2,1-2H3. The Morgan fingerprint density at radius 3 is 2.76 bits per heavy atom. The van der Waals surface area contributed by atoms with Crippen LogP contribution in [0.1, 0.15) is 57.2 Å². The van der Waals surface area contributed by atoms with Crippen molar-refractivity contribution >= 4 is 5.95 Å². The summed E-state index contributed by atoms with van der Waals surface area (Å²) < 4.78 is 2.51. The summed E-state index contributed by atoms with van der Waals surface area (Å²) in [6.45, 7) is 5.67. The lowest BCUT2D eigenvalue weighted by molar-refractivity contribution is 0.353. The molecule has 4 nitrogen and oxygen atoms in total. The van der Waals surface area contributed by atoms with Gasteiger partial charge in [0.25, 0.3) is 0 Å². The third-order valence-corrected chi connectivity index (χ3v) is 5.15. The van der Waals surface area contributed by atoms with E-state index in [1.54, 1.807) is 0 Å². The van der Waals surface area contributed by atoms with Crippen LogP contribution in [0.4, 0.5) is 5.95 Å². The van der Waals surface area contributed by atoms with Crippen LogP contribution in [0.5, 0.6) is 0 Å². The van der Waals surface area contributed by atoms with Crippen molar-refractivity contribution in [3.05, 3.63) is 11.9 Å². The van der Waals surface area contributed by atoms with Gasteiger partial charge in [-0.3, -0.25) is 0 Å². The lowest BCUT2D eigenvalue weighted by Gasteiger charge is -2.27. The van der Waals surface area contributed by atoms with Crippen LogP contribution in [-0.2, 0) is 6.42 Å². The SMILES string of the molecule is CCc1cn(C2CCCCC2)c(N2CCC(CNC)C2)n1. The van der Waals surface area contributed by atoms with Crippen LogP contribution in [0.3, 0.4) is 0 Å². The molecule has 1 atom stereocenters. The Morgan fingerprint density at radius 2 is 2.05 bits per heavy atom. The van der Waals surface area contributed by atoms with E-state index in [-0.39, 0.29) is 0 Å². The van der Waals surface area contributed by atoms with Crippen molar-refractivity contribution in [2.75, 3.05) is 31.6 Å². The highest BCUT2D eigenvalue weighted by atomic mass is 15.3. The van der Waals surface area contributed by atoms with Crippen molar-refractivity contribution in [2.45, 2.75) is 57.9 Å². The van der Waals surface area contributed by atoms with Crippen LogP contribution in [0.25, 0.3) is 0 Å². The Kier molecular flexibility index (Phi) is 4.84. The molecule has 3 rings (SSSR count). The molecule has 2 heterocycles. The molecule has 1 N–H and O–H groups in total. The van der Waals surface area contributed by atoms with E-state index in [0.29, 0.717) is 6.04 Å². The first-order chi connectivity index (χ1) is 10.3. The van der Waals surface area contributed by atoms with Crippen molar-refractivity contribution in [1.82, 2.24) is 14.9 Å². The Bertz CT molecular complexity index is 448. The predicted octanol–water partition coefficient (Wildman–Crippen LogP) is 3.00. The van der Waals surface area contributed by atoms with Gasteiger partial charge in [0.2, 0.25) is 5.95 Å². The molecule has 1 unspecified atom stereocenters. The molecule has 0 aromatic carbocycles. The number of aryl methyl sites for hydroxylation is 1. The summed E-state index contributed by atoms with van der Waals surface area (Å²) in [7, 11) is 2.06. The van der Waals surface area contributed by atoms with Crippen molar-refractivity contribution < 1.29 is 0 Å². The topological polar surface area (TPSA) is 33.1 Å². The van der Waals surface area contributed by atoms with E-state index in [0.717, 1.165) is 25.4 Å². The van der Waals surface area contributed by atoms with Crippen LogP contribution >= 0.6 is 0 Å². The molecule has 118 valence electrons. The minimum atomic E-state index is 0.685. The van der Waals surface area contributed by atoms with E-state index in [1.165, 1.54) is 56.7 Å². The maximum Gasteiger partial charge on any atom is 0.205 e. The van der Waals surface area contributed by atoms with E-state index < -0.39 is 0 Å². The van der Waals surface area contributed by atoms with E-state index >= 15 is 0 Å². The van der Waals surface area contributed by atoms with Gasteiger partial charge in [-0.1, -0.05) is 26.2 Å². The average Bonchev–Trinajstić information content (AvgIpc) is 3.14. The number of nitrogens with zero attached hydrogens (tertiary/aromatic N) is 3. The molecule has 1 saturated heterocycles. The second-order valence-corrected chi connectivity index (χ2v) is 6.74. The maximum atomic E-state index is 4.95. The molecular formula is C17H30N4. The molecule has 4 heteroatoms. The molecule has 1 aliphatic heterocycles. The Balaban J connectivity index is 1.78. The fraction of sp³-hybridized carbons (Fsp3) is 0.824. The second kappa shape index (κ2) is 6.82. The minimum Gasteiger partial charge on any atom is -0.342 e. The van der Waals surface area contributed by atoms with Crippen molar-refractivity contribution in [3.63, 3.8) is 0 Å². The van der Waals surface area contributed by atoms with Crippen LogP contribution in [-0.4, -0.2) is 36.2 Å². The zero-order chi connectivity index (χ0) is 14.7. The molecule has 0 amide bonds. The van der Waals surface area contributed by atoms with E-state index in [4.69, 9.17) is 4.98 Å². The van der Waals surface area contributed by atoms with Crippen LogP contribution in [0, 0.1) is 5.92 Å². The van der Waals surface area contributed by atoms with Crippen LogP contribution in [0.15, 0.2) is 6.20 Å². The summed E-state index contributed by atoms with van der Waals surface area (Å²) >= 11 is 0. The minimum absolute atomic E-state index is 0.685. The number of aromatic nitrogens is 2. The molecular weight excluding hydrogens is 260 g/mol. The monoisotopic (exact) mass is 290 g/mol. The summed E-state index contributed by atoms with van der Waals surface area (Å²) in [5.74, 6) is 2.02. The summed E-state index contributed by atoms with van der Waals surface area (Å²) in [6.07, 6.45) is 11.5. The molecule has 1 saturated carbocycles. The number of hydrogen-bond donors (Lipinski definition) is 1. The third kappa shape index (κ3) is 3.25. The molecule has 1 aromatic heterocycles. The lowest BCUT2D eigenvalue weighted by atomic mass is 9.95. The molecule has 0 spiro atoms. The number of rotatable bonds is 5. The summed E-state index contributed by atoms with van der Waals surface area (Å²) in [4.78, 5) is 7.47. The number of nitrogens with one attached hydrogen (secondary N) is 1. The predicted molar refractivity (Wildman–Crippen MR) is 88.0 cm³/mol. The van der Waals surface area contributed by atoms with Crippen molar-refractivity contribution in [1.29, 1.82) is 0 Å². The number of hydrogen-bond acceptors (Lipinski definition) is 3. The van der Waals surface area contributed by atoms with E-state index in [2.05, 4.69) is 35.0 Å². The van der Waals surface area contributed by atoms with E-state index in [1.807, 2.05) is 0 Å². The zero-order valence-electron chi connectivity index (χ0n) is 13.6. The molecule has 0 radical (unpaired) electrons. The fourth-order valence-corrected chi connectivity index (χ4v) is 3.94. The van der Waals surface area contributed by atoms with Gasteiger partial charge in [0.1, 0.15) is 0 Å². The quantitative estimate of drug-likeness (QED) is 0.905. The smallest absolute Gasteiger partial charge is 0.205 e. The molecule has 2 aliphatic rings. The van der Waals surface area contributed by atoms with Crippen molar-refractivity contribution in [2.24, 2.45) is 5.92 Å². The summed E-state index contributed by atoms with van der Waals surface area (Å²) in [5.41, 5.74) is 1.26. The van der Waals surface area contributed by atoms with Gasteiger partial charge < -0.3 is 14.8 Å². The maximum absolute atomic E-state index is 4.95. The molecule has 0 bridgehead atoms. The van der Waals surface area contributed by atoms with Gasteiger partial charge in [0.05, 0.1) is 5.69 Å². The Labute approximate surface area is 128 Å². The first kappa shape index (κ1) is 14.9. The molecule has 2 fully saturated rings. The van der Waals surface area contributed by atoms with Gasteiger partial charge in [-0.25, -0.2) is 4.98 Å². The molecule has 21 heavy (non-hydrogen) atoms. The third-order valence-electron chi connectivity index (χ3n) is 5.15. The highest BCUT2D eigenvalue weighted by molar-refractivity contribution is 5.36. The highest BCUT2D eigenvalue weighted by Gasteiger charge is 2.28. The average molecular weight is 290 g/mol. The van der Waals surface area contributed by atoms with E-state index in [9.17, 15) is 0 Å². The highest BCUT2D eigenvalue weighted by Crippen LogP contribution is 2.33. The normalized spacial score (nSPS) is 23.9. The van der Waals surface area contributed by atoms with Gasteiger partial charge >= 0.3 is 0 Å². The van der Waals surface area contributed by atoms with Crippen molar-refractivity contribution in [3.8, 4) is 0 Å². The van der Waals surface area contributed by atoms with Crippen LogP contribution in [0.2, 0.25) is 0 Å². The lowest BCUT2D eigenvalue weighted by Crippen LogP contribution is -2.27. The molecule has 1 aliphatic carbocycles. The number of anilines is 1. The van der Waals surface area contributed by atoms with Crippen LogP contribution < -0.4 is 10.2 Å².